The summed E-state index contributed by atoms with van der Waals surface area (Å²) in [5.41, 5.74) is 0.450. The quantitative estimate of drug-likeness (QED) is 0.921. The highest BCUT2D eigenvalue weighted by molar-refractivity contribution is 5.40. The molecule has 1 N–H and O–H groups in total. The average Bonchev–Trinajstić information content (AvgIpc) is 2.43. The van der Waals surface area contributed by atoms with Crippen molar-refractivity contribution in [2.45, 2.75) is 52.2 Å². The minimum absolute atomic E-state index is 0.111. The molecular weight excluding hydrogens is 262 g/mol. The van der Waals surface area contributed by atoms with E-state index in [1.165, 1.54) is 19.3 Å². The lowest BCUT2D eigenvalue weighted by Gasteiger charge is -2.40. The lowest BCUT2D eigenvalue weighted by Crippen LogP contribution is -2.46. The third-order valence-corrected chi connectivity index (χ3v) is 4.59. The van der Waals surface area contributed by atoms with Gasteiger partial charge in [-0.3, -0.25) is 0 Å². The van der Waals surface area contributed by atoms with E-state index in [0.29, 0.717) is 18.1 Å². The maximum atomic E-state index is 6.01. The van der Waals surface area contributed by atoms with E-state index in [-0.39, 0.29) is 6.10 Å². The highest BCUT2D eigenvalue weighted by Gasteiger charge is 2.32. The van der Waals surface area contributed by atoms with Crippen LogP contribution in [0.1, 0.15) is 40.0 Å². The van der Waals surface area contributed by atoms with Gasteiger partial charge >= 0.3 is 0 Å². The van der Waals surface area contributed by atoms with E-state index in [9.17, 15) is 0 Å². The molecule has 3 nitrogen and oxygen atoms in total. The van der Waals surface area contributed by atoms with Gasteiger partial charge in [0.15, 0.2) is 11.5 Å². The van der Waals surface area contributed by atoms with Gasteiger partial charge in [-0.25, -0.2) is 0 Å². The molecule has 0 saturated heterocycles. The SMILES string of the molecule is CC1CC(NCC2COc3ccccc3O2)CC(C)(C)C1. The van der Waals surface area contributed by atoms with Crippen molar-refractivity contribution in [3.8, 4) is 11.5 Å². The van der Waals surface area contributed by atoms with Crippen LogP contribution in [-0.4, -0.2) is 25.3 Å². The topological polar surface area (TPSA) is 30.5 Å². The highest BCUT2D eigenvalue weighted by Crippen LogP contribution is 2.38. The zero-order chi connectivity index (χ0) is 14.9. The zero-order valence-electron chi connectivity index (χ0n) is 13.4. The molecule has 0 spiro atoms. The molecule has 3 heteroatoms. The first-order valence-electron chi connectivity index (χ1n) is 8.14. The van der Waals surface area contributed by atoms with Crippen molar-refractivity contribution in [1.82, 2.24) is 5.32 Å². The molecule has 0 amide bonds. The van der Waals surface area contributed by atoms with Gasteiger partial charge in [-0.05, 0) is 42.7 Å². The number of hydrogen-bond donors (Lipinski definition) is 1. The van der Waals surface area contributed by atoms with E-state index in [1.807, 2.05) is 24.3 Å². The fourth-order valence-electron chi connectivity index (χ4n) is 3.96. The summed E-state index contributed by atoms with van der Waals surface area (Å²) in [7, 11) is 0. The van der Waals surface area contributed by atoms with Gasteiger partial charge in [0.1, 0.15) is 12.7 Å². The summed E-state index contributed by atoms with van der Waals surface area (Å²) in [6.07, 6.45) is 3.97. The summed E-state index contributed by atoms with van der Waals surface area (Å²) < 4.78 is 11.8. The number of benzene rings is 1. The van der Waals surface area contributed by atoms with Crippen molar-refractivity contribution in [2.75, 3.05) is 13.2 Å². The van der Waals surface area contributed by atoms with Crippen LogP contribution in [0.15, 0.2) is 24.3 Å². The third-order valence-electron chi connectivity index (χ3n) is 4.59. The molecular formula is C18H27NO2. The van der Waals surface area contributed by atoms with Gasteiger partial charge in [-0.2, -0.15) is 0 Å². The molecule has 1 aliphatic carbocycles. The summed E-state index contributed by atoms with van der Waals surface area (Å²) in [5.74, 6) is 2.53. The van der Waals surface area contributed by atoms with Crippen molar-refractivity contribution < 1.29 is 9.47 Å². The monoisotopic (exact) mass is 289 g/mol. The smallest absolute Gasteiger partial charge is 0.161 e. The molecule has 1 aromatic rings. The molecule has 3 atom stereocenters. The van der Waals surface area contributed by atoms with E-state index in [0.717, 1.165) is 24.0 Å². The van der Waals surface area contributed by atoms with Crippen molar-refractivity contribution in [3.63, 3.8) is 0 Å². The summed E-state index contributed by atoms with van der Waals surface area (Å²) in [4.78, 5) is 0. The molecule has 1 heterocycles. The first kappa shape index (κ1) is 14.7. The molecule has 0 aromatic heterocycles. The predicted octanol–water partition coefficient (Wildman–Crippen LogP) is 3.63. The van der Waals surface area contributed by atoms with Crippen LogP contribution in [-0.2, 0) is 0 Å². The Morgan fingerprint density at radius 1 is 1.19 bits per heavy atom. The summed E-state index contributed by atoms with van der Waals surface area (Å²) in [5, 5.41) is 3.70. The number of nitrogens with one attached hydrogen (secondary N) is 1. The molecule has 3 unspecified atom stereocenters. The summed E-state index contributed by atoms with van der Waals surface area (Å²) >= 11 is 0. The summed E-state index contributed by atoms with van der Waals surface area (Å²) in [6, 6.07) is 8.51. The Morgan fingerprint density at radius 2 is 1.95 bits per heavy atom. The van der Waals surface area contributed by atoms with E-state index >= 15 is 0 Å². The normalized spacial score (nSPS) is 30.9. The summed E-state index contributed by atoms with van der Waals surface area (Å²) in [6.45, 7) is 8.63. The Balaban J connectivity index is 1.52. The van der Waals surface area contributed by atoms with E-state index < -0.39 is 0 Å². The first-order chi connectivity index (χ1) is 10.0. The van der Waals surface area contributed by atoms with Crippen LogP contribution in [0.25, 0.3) is 0 Å². The van der Waals surface area contributed by atoms with Crippen LogP contribution in [0.2, 0.25) is 0 Å². The molecule has 21 heavy (non-hydrogen) atoms. The third kappa shape index (κ3) is 3.70. The zero-order valence-corrected chi connectivity index (χ0v) is 13.4. The molecule has 1 aromatic carbocycles. The van der Waals surface area contributed by atoms with Crippen LogP contribution in [0.4, 0.5) is 0 Å². The van der Waals surface area contributed by atoms with Crippen LogP contribution >= 0.6 is 0 Å². The van der Waals surface area contributed by atoms with E-state index in [4.69, 9.17) is 9.47 Å². The molecule has 0 radical (unpaired) electrons. The van der Waals surface area contributed by atoms with E-state index in [2.05, 4.69) is 26.1 Å². The van der Waals surface area contributed by atoms with Crippen molar-refractivity contribution in [3.05, 3.63) is 24.3 Å². The van der Waals surface area contributed by atoms with Gasteiger partial charge in [0.05, 0.1) is 0 Å². The van der Waals surface area contributed by atoms with Crippen molar-refractivity contribution in [1.29, 1.82) is 0 Å². The Bertz CT molecular complexity index is 486. The standard InChI is InChI=1S/C18H27NO2/c1-13-8-14(10-18(2,3)9-13)19-11-15-12-20-16-6-4-5-7-17(16)21-15/h4-7,13-15,19H,8-12H2,1-3H3. The molecule has 1 aliphatic heterocycles. The minimum atomic E-state index is 0.111. The van der Waals surface area contributed by atoms with Gasteiger partial charge in [0.25, 0.3) is 0 Å². The van der Waals surface area contributed by atoms with Crippen molar-refractivity contribution in [2.24, 2.45) is 11.3 Å². The minimum Gasteiger partial charge on any atom is -0.486 e. The lowest BCUT2D eigenvalue weighted by molar-refractivity contribution is 0.0793. The number of para-hydroxylation sites is 2. The van der Waals surface area contributed by atoms with Gasteiger partial charge < -0.3 is 14.8 Å². The number of hydrogen-bond acceptors (Lipinski definition) is 3. The van der Waals surface area contributed by atoms with Crippen LogP contribution in [0, 0.1) is 11.3 Å². The Labute approximate surface area is 128 Å². The van der Waals surface area contributed by atoms with Crippen LogP contribution < -0.4 is 14.8 Å². The first-order valence-corrected chi connectivity index (χ1v) is 8.14. The fraction of sp³-hybridized carbons (Fsp3) is 0.667. The lowest BCUT2D eigenvalue weighted by atomic mass is 9.70. The van der Waals surface area contributed by atoms with Gasteiger partial charge in [-0.15, -0.1) is 0 Å². The molecule has 0 bridgehead atoms. The maximum absolute atomic E-state index is 6.01. The number of rotatable bonds is 3. The number of ether oxygens (including phenoxy) is 2. The van der Waals surface area contributed by atoms with Gasteiger partial charge in [-0.1, -0.05) is 32.9 Å². The Kier molecular flexibility index (Phi) is 4.12. The highest BCUT2D eigenvalue weighted by atomic mass is 16.6. The second-order valence-electron chi connectivity index (χ2n) is 7.52. The van der Waals surface area contributed by atoms with Crippen LogP contribution in [0.5, 0.6) is 11.5 Å². The largest absolute Gasteiger partial charge is 0.486 e. The average molecular weight is 289 g/mol. The Hall–Kier alpha value is -1.22. The van der Waals surface area contributed by atoms with Gasteiger partial charge in [0.2, 0.25) is 0 Å². The van der Waals surface area contributed by atoms with E-state index in [1.54, 1.807) is 0 Å². The molecule has 1 fully saturated rings. The maximum Gasteiger partial charge on any atom is 0.161 e. The number of fused-ring (bicyclic) bond motifs is 1. The van der Waals surface area contributed by atoms with Crippen LogP contribution in [0.3, 0.4) is 0 Å². The Morgan fingerprint density at radius 3 is 2.71 bits per heavy atom. The van der Waals surface area contributed by atoms with Gasteiger partial charge in [0, 0.05) is 12.6 Å². The van der Waals surface area contributed by atoms with Crippen molar-refractivity contribution >= 4 is 0 Å². The fourth-order valence-corrected chi connectivity index (χ4v) is 3.96. The molecule has 3 rings (SSSR count). The molecule has 2 aliphatic rings. The molecule has 1 saturated carbocycles. The molecule has 116 valence electrons. The second kappa shape index (κ2) is 5.88. The predicted molar refractivity (Wildman–Crippen MR) is 84.9 cm³/mol. The second-order valence-corrected chi connectivity index (χ2v) is 7.52.